The van der Waals surface area contributed by atoms with Crippen LogP contribution in [0, 0.1) is 0 Å². The second-order valence-electron chi connectivity index (χ2n) is 5.86. The number of hydrogen-bond acceptors (Lipinski definition) is 3. The summed E-state index contributed by atoms with van der Waals surface area (Å²) in [6.45, 7) is 1.74. The molecule has 132 valence electrons. The largest absolute Gasteiger partial charge is 0.350 e. The van der Waals surface area contributed by atoms with Gasteiger partial charge in [0.05, 0.1) is 11.2 Å². The highest BCUT2D eigenvalue weighted by molar-refractivity contribution is 6.30. The molecular formula is C20H18ClN3O2. The lowest BCUT2D eigenvalue weighted by Crippen LogP contribution is -2.39. The predicted octanol–water partition coefficient (Wildman–Crippen LogP) is 3.56. The van der Waals surface area contributed by atoms with Gasteiger partial charge in [-0.3, -0.25) is 14.6 Å². The topological polar surface area (TPSA) is 62.3 Å². The van der Waals surface area contributed by atoms with Crippen LogP contribution in [0.25, 0.3) is 10.9 Å². The highest BCUT2D eigenvalue weighted by atomic mass is 35.5. The number of aromatic nitrogens is 1. The third-order valence-electron chi connectivity index (χ3n) is 3.99. The summed E-state index contributed by atoms with van der Waals surface area (Å²) in [7, 11) is 0. The Morgan fingerprint density at radius 1 is 1.08 bits per heavy atom. The molecule has 0 atom stereocenters. The molecule has 5 nitrogen and oxygen atoms in total. The average Bonchev–Trinajstić information content (AvgIpc) is 2.65. The Balaban J connectivity index is 1.75. The molecule has 3 rings (SSSR count). The summed E-state index contributed by atoms with van der Waals surface area (Å²) in [5, 5.41) is 4.38. The number of para-hydroxylation sites is 1. The SMILES string of the molecule is CC(=O)N(CC(=O)NCc1ccc(Cl)cc1)c1cccc2cccnc12. The van der Waals surface area contributed by atoms with E-state index in [1.165, 1.54) is 11.8 Å². The van der Waals surface area contributed by atoms with Crippen molar-refractivity contribution in [1.29, 1.82) is 0 Å². The summed E-state index contributed by atoms with van der Waals surface area (Å²) in [4.78, 5) is 30.3. The number of nitrogens with zero attached hydrogens (tertiary/aromatic N) is 2. The number of rotatable bonds is 5. The molecule has 2 amide bonds. The van der Waals surface area contributed by atoms with Gasteiger partial charge in [-0.25, -0.2) is 0 Å². The van der Waals surface area contributed by atoms with Crippen LogP contribution < -0.4 is 10.2 Å². The van der Waals surface area contributed by atoms with E-state index in [4.69, 9.17) is 11.6 Å². The van der Waals surface area contributed by atoms with Crippen molar-refractivity contribution >= 4 is 40.0 Å². The first-order chi connectivity index (χ1) is 12.5. The smallest absolute Gasteiger partial charge is 0.240 e. The minimum Gasteiger partial charge on any atom is -0.350 e. The fourth-order valence-electron chi connectivity index (χ4n) is 2.67. The summed E-state index contributed by atoms with van der Waals surface area (Å²) in [6, 6.07) is 16.6. The molecule has 1 aromatic heterocycles. The zero-order valence-corrected chi connectivity index (χ0v) is 15.0. The second kappa shape index (κ2) is 7.97. The zero-order valence-electron chi connectivity index (χ0n) is 14.3. The number of amides is 2. The summed E-state index contributed by atoms with van der Waals surface area (Å²) in [5.74, 6) is -0.465. The first kappa shape index (κ1) is 17.9. The Morgan fingerprint density at radius 2 is 1.81 bits per heavy atom. The number of halogens is 1. The molecule has 0 bridgehead atoms. The Hall–Kier alpha value is -2.92. The van der Waals surface area contributed by atoms with E-state index in [0.29, 0.717) is 22.8 Å². The number of pyridine rings is 1. The van der Waals surface area contributed by atoms with E-state index < -0.39 is 0 Å². The minimum absolute atomic E-state index is 0.0708. The van der Waals surface area contributed by atoms with Crippen LogP contribution in [-0.2, 0) is 16.1 Å². The standard InChI is InChI=1S/C20H18ClN3O2/c1-14(25)24(18-6-2-4-16-5-3-11-22-20(16)18)13-19(26)23-12-15-7-9-17(21)10-8-15/h2-11H,12-13H2,1H3,(H,23,26). The van der Waals surface area contributed by atoms with Crippen LogP contribution in [0.1, 0.15) is 12.5 Å². The maximum absolute atomic E-state index is 12.4. The van der Waals surface area contributed by atoms with Gasteiger partial charge in [0.15, 0.2) is 0 Å². The van der Waals surface area contributed by atoms with E-state index in [9.17, 15) is 9.59 Å². The summed E-state index contributed by atoms with van der Waals surface area (Å²) in [5.41, 5.74) is 2.25. The molecular weight excluding hydrogens is 350 g/mol. The summed E-state index contributed by atoms with van der Waals surface area (Å²) >= 11 is 5.86. The first-order valence-electron chi connectivity index (χ1n) is 8.17. The predicted molar refractivity (Wildman–Crippen MR) is 103 cm³/mol. The lowest BCUT2D eigenvalue weighted by Gasteiger charge is -2.22. The van der Waals surface area contributed by atoms with Crippen LogP contribution in [-0.4, -0.2) is 23.3 Å². The maximum Gasteiger partial charge on any atom is 0.240 e. The van der Waals surface area contributed by atoms with Gasteiger partial charge in [0, 0.05) is 30.1 Å². The van der Waals surface area contributed by atoms with E-state index in [2.05, 4.69) is 10.3 Å². The minimum atomic E-state index is -0.247. The molecule has 0 saturated carbocycles. The van der Waals surface area contributed by atoms with Gasteiger partial charge in [-0.15, -0.1) is 0 Å². The van der Waals surface area contributed by atoms with Crippen LogP contribution >= 0.6 is 11.6 Å². The van der Waals surface area contributed by atoms with Crippen LogP contribution in [0.2, 0.25) is 5.02 Å². The first-order valence-corrected chi connectivity index (χ1v) is 8.55. The summed E-state index contributed by atoms with van der Waals surface area (Å²) in [6.07, 6.45) is 1.67. The molecule has 26 heavy (non-hydrogen) atoms. The van der Waals surface area contributed by atoms with E-state index in [-0.39, 0.29) is 18.4 Å². The quantitative estimate of drug-likeness (QED) is 0.750. The van der Waals surface area contributed by atoms with Gasteiger partial charge in [0.1, 0.15) is 6.54 Å². The molecule has 2 aromatic carbocycles. The highest BCUT2D eigenvalue weighted by Crippen LogP contribution is 2.24. The molecule has 3 aromatic rings. The molecule has 0 saturated heterocycles. The molecule has 0 aliphatic rings. The lowest BCUT2D eigenvalue weighted by molar-refractivity contribution is -0.123. The van der Waals surface area contributed by atoms with E-state index >= 15 is 0 Å². The summed E-state index contributed by atoms with van der Waals surface area (Å²) < 4.78 is 0. The van der Waals surface area contributed by atoms with Gasteiger partial charge < -0.3 is 10.2 Å². The fraction of sp³-hybridized carbons (Fsp3) is 0.150. The second-order valence-corrected chi connectivity index (χ2v) is 6.30. The van der Waals surface area contributed by atoms with Gasteiger partial charge in [-0.1, -0.05) is 41.9 Å². The molecule has 0 aliphatic carbocycles. The van der Waals surface area contributed by atoms with Crippen molar-refractivity contribution in [3.05, 3.63) is 71.4 Å². The molecule has 1 heterocycles. The van der Waals surface area contributed by atoms with Gasteiger partial charge >= 0.3 is 0 Å². The molecule has 0 spiro atoms. The average molecular weight is 368 g/mol. The number of carbonyl (C=O) groups excluding carboxylic acids is 2. The Bertz CT molecular complexity index is 936. The van der Waals surface area contributed by atoms with E-state index in [1.807, 2.05) is 36.4 Å². The number of anilines is 1. The molecule has 0 unspecified atom stereocenters. The maximum atomic E-state index is 12.4. The van der Waals surface area contributed by atoms with Gasteiger partial charge in [0.25, 0.3) is 0 Å². The normalized spacial score (nSPS) is 10.5. The molecule has 0 aliphatic heterocycles. The Labute approximate surface area is 156 Å². The van der Waals surface area contributed by atoms with E-state index in [0.717, 1.165) is 10.9 Å². The van der Waals surface area contributed by atoms with Crippen LogP contribution in [0.15, 0.2) is 60.8 Å². The van der Waals surface area contributed by atoms with Crippen molar-refractivity contribution in [2.24, 2.45) is 0 Å². The fourth-order valence-corrected chi connectivity index (χ4v) is 2.80. The van der Waals surface area contributed by atoms with Gasteiger partial charge in [0.2, 0.25) is 11.8 Å². The Morgan fingerprint density at radius 3 is 2.54 bits per heavy atom. The lowest BCUT2D eigenvalue weighted by atomic mass is 10.1. The van der Waals surface area contributed by atoms with Crippen molar-refractivity contribution in [3.8, 4) is 0 Å². The molecule has 1 N–H and O–H groups in total. The van der Waals surface area contributed by atoms with Gasteiger partial charge in [-0.05, 0) is 29.8 Å². The highest BCUT2D eigenvalue weighted by Gasteiger charge is 2.18. The third kappa shape index (κ3) is 4.18. The third-order valence-corrected chi connectivity index (χ3v) is 4.24. The van der Waals surface area contributed by atoms with Crippen LogP contribution in [0.4, 0.5) is 5.69 Å². The number of nitrogens with one attached hydrogen (secondary N) is 1. The molecule has 6 heteroatoms. The van der Waals surface area contributed by atoms with Crippen LogP contribution in [0.5, 0.6) is 0 Å². The molecule has 0 fully saturated rings. The van der Waals surface area contributed by atoms with Crippen molar-refractivity contribution < 1.29 is 9.59 Å². The van der Waals surface area contributed by atoms with E-state index in [1.54, 1.807) is 24.4 Å². The molecule has 0 radical (unpaired) electrons. The van der Waals surface area contributed by atoms with Crippen molar-refractivity contribution in [3.63, 3.8) is 0 Å². The monoisotopic (exact) mass is 367 g/mol. The van der Waals surface area contributed by atoms with Crippen molar-refractivity contribution in [1.82, 2.24) is 10.3 Å². The van der Waals surface area contributed by atoms with Crippen molar-refractivity contribution in [2.45, 2.75) is 13.5 Å². The number of carbonyl (C=O) groups is 2. The number of fused-ring (bicyclic) bond motifs is 1. The van der Waals surface area contributed by atoms with Crippen LogP contribution in [0.3, 0.4) is 0 Å². The Kier molecular flexibility index (Phi) is 5.49. The van der Waals surface area contributed by atoms with Crippen molar-refractivity contribution in [2.75, 3.05) is 11.4 Å². The van der Waals surface area contributed by atoms with Gasteiger partial charge in [-0.2, -0.15) is 0 Å². The zero-order chi connectivity index (χ0) is 18.5. The number of hydrogen-bond donors (Lipinski definition) is 1. The number of benzene rings is 2.